The molecule has 0 aliphatic heterocycles. The molecule has 0 aliphatic rings. The lowest BCUT2D eigenvalue weighted by molar-refractivity contribution is -0.143. The highest BCUT2D eigenvalue weighted by atomic mass is 35.5. The molecule has 1 aromatic heterocycles. The Kier molecular flexibility index (Phi) is 7.40. The van der Waals surface area contributed by atoms with Gasteiger partial charge in [-0.2, -0.15) is 5.10 Å². The number of aryl methyl sites for hydroxylation is 1. The maximum Gasteiger partial charge on any atom is 0.331 e. The van der Waals surface area contributed by atoms with E-state index in [4.69, 9.17) is 16.3 Å². The molecule has 0 saturated heterocycles. The average Bonchev–Trinajstić information content (AvgIpc) is 3.03. The van der Waals surface area contributed by atoms with E-state index in [-0.39, 0.29) is 12.5 Å². The molecular formula is C23H22ClN3O3. The van der Waals surface area contributed by atoms with E-state index in [1.54, 1.807) is 10.8 Å². The lowest BCUT2D eigenvalue weighted by atomic mass is 10.2. The first-order valence-electron chi connectivity index (χ1n) is 9.45. The summed E-state index contributed by atoms with van der Waals surface area (Å²) in [5, 5.41) is 7.56. The molecule has 7 heteroatoms. The molecule has 0 spiro atoms. The molecule has 30 heavy (non-hydrogen) atoms. The van der Waals surface area contributed by atoms with Crippen LogP contribution in [0.2, 0.25) is 5.15 Å². The van der Waals surface area contributed by atoms with Crippen LogP contribution in [0.15, 0.2) is 66.7 Å². The van der Waals surface area contributed by atoms with Crippen molar-refractivity contribution in [2.24, 2.45) is 0 Å². The fraction of sp³-hybridized carbons (Fsp3) is 0.174. The minimum atomic E-state index is -0.629. The molecule has 0 fully saturated rings. The van der Waals surface area contributed by atoms with Gasteiger partial charge < -0.3 is 10.1 Å². The van der Waals surface area contributed by atoms with Crippen molar-refractivity contribution in [2.45, 2.75) is 20.0 Å². The number of carbonyl (C=O) groups is 2. The number of hydrogen-bond acceptors (Lipinski definition) is 4. The third kappa shape index (κ3) is 6.06. The molecule has 0 unspecified atom stereocenters. The molecule has 0 atom stereocenters. The van der Waals surface area contributed by atoms with Crippen LogP contribution in [0.3, 0.4) is 0 Å². The van der Waals surface area contributed by atoms with Gasteiger partial charge >= 0.3 is 5.97 Å². The Morgan fingerprint density at radius 3 is 2.37 bits per heavy atom. The predicted octanol–water partition coefficient (Wildman–Crippen LogP) is 3.77. The maximum absolute atomic E-state index is 12.0. The van der Waals surface area contributed by atoms with Gasteiger partial charge in [-0.05, 0) is 24.1 Å². The van der Waals surface area contributed by atoms with E-state index in [9.17, 15) is 9.59 Å². The Balaban J connectivity index is 1.51. The fourth-order valence-electron chi connectivity index (χ4n) is 2.80. The van der Waals surface area contributed by atoms with Gasteiger partial charge in [-0.1, -0.05) is 72.3 Å². The topological polar surface area (TPSA) is 73.2 Å². The van der Waals surface area contributed by atoms with Crippen molar-refractivity contribution in [1.29, 1.82) is 0 Å². The number of carbonyl (C=O) groups excluding carboxylic acids is 2. The Morgan fingerprint density at radius 1 is 1.07 bits per heavy atom. The molecule has 0 aliphatic carbocycles. The van der Waals surface area contributed by atoms with Crippen LogP contribution in [-0.4, -0.2) is 28.3 Å². The minimum Gasteiger partial charge on any atom is -0.452 e. The Morgan fingerprint density at radius 2 is 1.70 bits per heavy atom. The average molecular weight is 424 g/mol. The van der Waals surface area contributed by atoms with Gasteiger partial charge in [0.15, 0.2) is 6.61 Å². The number of halogens is 1. The minimum absolute atomic E-state index is 0.351. The Labute approximate surface area is 180 Å². The first-order chi connectivity index (χ1) is 14.5. The normalized spacial score (nSPS) is 10.9. The number of rotatable bonds is 8. The van der Waals surface area contributed by atoms with E-state index in [1.165, 1.54) is 6.08 Å². The molecule has 1 amide bonds. The van der Waals surface area contributed by atoms with E-state index >= 15 is 0 Å². The maximum atomic E-state index is 12.0. The molecule has 0 bridgehead atoms. The fourth-order valence-corrected chi connectivity index (χ4v) is 3.10. The number of ether oxygens (including phenoxy) is 1. The standard InChI is InChI=1S/C23H22ClN3O3/c1-17-20(23(24)27(26-17)15-19-10-6-3-7-11-19)12-13-22(29)30-16-21(28)25-14-18-8-4-2-5-9-18/h2-13H,14-16H2,1H3,(H,25,28)/b13-12+. The van der Waals surface area contributed by atoms with Crippen LogP contribution in [0.1, 0.15) is 22.4 Å². The molecular weight excluding hydrogens is 402 g/mol. The summed E-state index contributed by atoms with van der Waals surface area (Å²) in [6.07, 6.45) is 2.80. The van der Waals surface area contributed by atoms with Gasteiger partial charge in [0.25, 0.3) is 5.91 Å². The van der Waals surface area contributed by atoms with E-state index in [0.29, 0.717) is 29.5 Å². The van der Waals surface area contributed by atoms with Crippen LogP contribution >= 0.6 is 11.6 Å². The van der Waals surface area contributed by atoms with Crippen molar-refractivity contribution in [3.63, 3.8) is 0 Å². The van der Waals surface area contributed by atoms with Gasteiger partial charge in [0, 0.05) is 18.2 Å². The summed E-state index contributed by atoms with van der Waals surface area (Å²) in [7, 11) is 0. The van der Waals surface area contributed by atoms with Crippen LogP contribution in [0, 0.1) is 6.92 Å². The van der Waals surface area contributed by atoms with Crippen molar-refractivity contribution >= 4 is 29.6 Å². The molecule has 3 aromatic rings. The van der Waals surface area contributed by atoms with Crippen molar-refractivity contribution < 1.29 is 14.3 Å². The van der Waals surface area contributed by atoms with Crippen LogP contribution < -0.4 is 5.32 Å². The summed E-state index contributed by atoms with van der Waals surface area (Å²) in [5.41, 5.74) is 3.37. The second kappa shape index (κ2) is 10.4. The monoisotopic (exact) mass is 423 g/mol. The van der Waals surface area contributed by atoms with Gasteiger partial charge in [-0.25, -0.2) is 9.48 Å². The molecule has 2 aromatic carbocycles. The molecule has 1 N–H and O–H groups in total. The first-order valence-corrected chi connectivity index (χ1v) is 9.83. The highest BCUT2D eigenvalue weighted by Gasteiger charge is 2.12. The highest BCUT2D eigenvalue weighted by Crippen LogP contribution is 2.22. The zero-order chi connectivity index (χ0) is 21.3. The number of nitrogens with one attached hydrogen (secondary N) is 1. The first kappa shape index (κ1) is 21.3. The third-order valence-electron chi connectivity index (χ3n) is 4.35. The van der Waals surface area contributed by atoms with Crippen molar-refractivity contribution in [3.8, 4) is 0 Å². The van der Waals surface area contributed by atoms with Gasteiger partial charge in [-0.3, -0.25) is 4.79 Å². The molecule has 3 rings (SSSR count). The van der Waals surface area contributed by atoms with Gasteiger partial charge in [0.05, 0.1) is 12.2 Å². The lowest BCUT2D eigenvalue weighted by Gasteiger charge is -2.05. The summed E-state index contributed by atoms with van der Waals surface area (Å²) in [6.45, 7) is 2.37. The van der Waals surface area contributed by atoms with E-state index in [0.717, 1.165) is 11.1 Å². The summed E-state index contributed by atoms with van der Waals surface area (Å²) >= 11 is 6.42. The van der Waals surface area contributed by atoms with Gasteiger partial charge in [-0.15, -0.1) is 0 Å². The summed E-state index contributed by atoms with van der Waals surface area (Å²) in [6, 6.07) is 19.3. The molecule has 154 valence electrons. The molecule has 6 nitrogen and oxygen atoms in total. The second-order valence-electron chi connectivity index (χ2n) is 6.64. The third-order valence-corrected chi connectivity index (χ3v) is 4.75. The number of benzene rings is 2. The molecule has 0 radical (unpaired) electrons. The zero-order valence-corrected chi connectivity index (χ0v) is 17.3. The van der Waals surface area contributed by atoms with Crippen molar-refractivity contribution in [1.82, 2.24) is 15.1 Å². The number of esters is 1. The molecule has 0 saturated carbocycles. The smallest absolute Gasteiger partial charge is 0.331 e. The van der Waals surface area contributed by atoms with Crippen LogP contribution in [-0.2, 0) is 27.4 Å². The highest BCUT2D eigenvalue weighted by molar-refractivity contribution is 6.31. The number of hydrogen-bond donors (Lipinski definition) is 1. The van der Waals surface area contributed by atoms with E-state index < -0.39 is 5.97 Å². The number of aromatic nitrogens is 2. The summed E-state index contributed by atoms with van der Waals surface area (Å²) in [4.78, 5) is 23.8. The van der Waals surface area contributed by atoms with Gasteiger partial charge in [0.2, 0.25) is 0 Å². The van der Waals surface area contributed by atoms with Crippen LogP contribution in [0.5, 0.6) is 0 Å². The largest absolute Gasteiger partial charge is 0.452 e. The number of amides is 1. The van der Waals surface area contributed by atoms with Gasteiger partial charge in [0.1, 0.15) is 5.15 Å². The second-order valence-corrected chi connectivity index (χ2v) is 6.99. The molecule has 1 heterocycles. The summed E-state index contributed by atoms with van der Waals surface area (Å²) < 4.78 is 6.66. The Bertz CT molecular complexity index is 1030. The predicted molar refractivity (Wildman–Crippen MR) is 116 cm³/mol. The van der Waals surface area contributed by atoms with E-state index in [1.807, 2.05) is 67.6 Å². The number of nitrogens with zero attached hydrogens (tertiary/aromatic N) is 2. The zero-order valence-electron chi connectivity index (χ0n) is 16.5. The van der Waals surface area contributed by atoms with Crippen LogP contribution in [0.4, 0.5) is 0 Å². The lowest BCUT2D eigenvalue weighted by Crippen LogP contribution is -2.28. The van der Waals surface area contributed by atoms with Crippen LogP contribution in [0.25, 0.3) is 6.08 Å². The van der Waals surface area contributed by atoms with Crippen molar-refractivity contribution in [2.75, 3.05) is 6.61 Å². The SMILES string of the molecule is Cc1nn(Cc2ccccc2)c(Cl)c1/C=C/C(=O)OCC(=O)NCc1ccccc1. The van der Waals surface area contributed by atoms with Crippen molar-refractivity contribution in [3.05, 3.63) is 94.3 Å². The summed E-state index contributed by atoms with van der Waals surface area (Å²) in [5.74, 6) is -0.998. The quantitative estimate of drug-likeness (QED) is 0.442. The Hall–Kier alpha value is -3.38. The van der Waals surface area contributed by atoms with E-state index in [2.05, 4.69) is 10.4 Å².